The number of rotatable bonds is 9. The van der Waals surface area contributed by atoms with Crippen molar-refractivity contribution in [3.8, 4) is 5.75 Å². The highest BCUT2D eigenvalue weighted by Gasteiger charge is 2.38. The normalized spacial score (nSPS) is 22.3. The molecule has 1 heterocycles. The molecule has 2 N–H and O–H groups in total. The van der Waals surface area contributed by atoms with Crippen molar-refractivity contribution in [1.29, 1.82) is 0 Å². The van der Waals surface area contributed by atoms with Crippen LogP contribution in [0.3, 0.4) is 0 Å². The largest absolute Gasteiger partial charge is 0.493 e. The van der Waals surface area contributed by atoms with Gasteiger partial charge in [-0.25, -0.2) is 4.79 Å². The SMILES string of the molecule is CCOC(Cc1ccc(OCCC2=C3C=CC=CC34CCC=CC4=CCN2)cc1)C(=O)O. The van der Waals surface area contributed by atoms with E-state index in [9.17, 15) is 9.90 Å². The van der Waals surface area contributed by atoms with Crippen molar-refractivity contribution >= 4 is 5.97 Å². The van der Waals surface area contributed by atoms with Crippen LogP contribution in [-0.2, 0) is 16.0 Å². The van der Waals surface area contributed by atoms with Crippen molar-refractivity contribution in [2.24, 2.45) is 5.41 Å². The summed E-state index contributed by atoms with van der Waals surface area (Å²) < 4.78 is 11.3. The third-order valence-corrected chi connectivity index (χ3v) is 6.32. The van der Waals surface area contributed by atoms with Gasteiger partial charge >= 0.3 is 5.97 Å². The van der Waals surface area contributed by atoms with Crippen LogP contribution in [-0.4, -0.2) is 36.9 Å². The fourth-order valence-corrected chi connectivity index (χ4v) is 4.74. The number of carbonyl (C=O) groups is 1. The Bertz CT molecular complexity index is 983. The highest BCUT2D eigenvalue weighted by Crippen LogP contribution is 2.49. The molecule has 1 aromatic carbocycles. The summed E-state index contributed by atoms with van der Waals surface area (Å²) in [4.78, 5) is 11.3. The number of carboxylic acid groups (broad SMARTS) is 1. The summed E-state index contributed by atoms with van der Waals surface area (Å²) >= 11 is 0. The van der Waals surface area contributed by atoms with Gasteiger partial charge in [-0.3, -0.25) is 0 Å². The first-order valence-electron chi connectivity index (χ1n) is 11.4. The first-order chi connectivity index (χ1) is 15.6. The van der Waals surface area contributed by atoms with E-state index >= 15 is 0 Å². The molecule has 2 aliphatic carbocycles. The van der Waals surface area contributed by atoms with E-state index in [0.717, 1.165) is 37.1 Å². The standard InChI is InChI=1S/C27H31NO4/c1-2-31-25(26(29)30)19-20-9-11-22(12-10-20)32-18-14-24-23-8-4-6-16-27(23)15-5-3-7-21(27)13-17-28-24/h3-4,6-13,16,25,28H,2,5,14-15,17-19H2,1H3,(H,29,30). The van der Waals surface area contributed by atoms with Gasteiger partial charge in [0.25, 0.3) is 0 Å². The topological polar surface area (TPSA) is 67.8 Å². The van der Waals surface area contributed by atoms with Crippen LogP contribution >= 0.6 is 0 Å². The quantitative estimate of drug-likeness (QED) is 0.589. The van der Waals surface area contributed by atoms with Crippen LogP contribution in [0.25, 0.3) is 0 Å². The van der Waals surface area contributed by atoms with Gasteiger partial charge in [-0.2, -0.15) is 0 Å². The smallest absolute Gasteiger partial charge is 0.333 e. The lowest BCUT2D eigenvalue weighted by Crippen LogP contribution is -2.27. The predicted octanol–water partition coefficient (Wildman–Crippen LogP) is 4.73. The lowest BCUT2D eigenvalue weighted by molar-refractivity contribution is -0.149. The Morgan fingerprint density at radius 1 is 1.22 bits per heavy atom. The first-order valence-corrected chi connectivity index (χ1v) is 11.4. The minimum Gasteiger partial charge on any atom is -0.493 e. The maximum absolute atomic E-state index is 11.3. The minimum atomic E-state index is -0.937. The number of allylic oxidation sites excluding steroid dienone is 8. The molecule has 32 heavy (non-hydrogen) atoms. The summed E-state index contributed by atoms with van der Waals surface area (Å²) in [5.41, 5.74) is 4.86. The van der Waals surface area contributed by atoms with E-state index in [1.807, 2.05) is 24.3 Å². The maximum Gasteiger partial charge on any atom is 0.333 e. The molecule has 168 valence electrons. The zero-order chi connectivity index (χ0) is 22.4. The molecular formula is C27H31NO4. The summed E-state index contributed by atoms with van der Waals surface area (Å²) in [5, 5.41) is 12.9. The van der Waals surface area contributed by atoms with Crippen LogP contribution < -0.4 is 10.1 Å². The molecule has 5 nitrogen and oxygen atoms in total. The van der Waals surface area contributed by atoms with E-state index in [0.29, 0.717) is 19.6 Å². The first kappa shape index (κ1) is 22.2. The number of hydrogen-bond donors (Lipinski definition) is 2. The van der Waals surface area contributed by atoms with Crippen molar-refractivity contribution in [3.63, 3.8) is 0 Å². The molecular weight excluding hydrogens is 402 g/mol. The summed E-state index contributed by atoms with van der Waals surface area (Å²) in [5.74, 6) is -0.155. The van der Waals surface area contributed by atoms with Gasteiger partial charge in [0.15, 0.2) is 6.10 Å². The molecule has 1 aliphatic heterocycles. The molecule has 0 fully saturated rings. The Morgan fingerprint density at radius 3 is 2.84 bits per heavy atom. The number of nitrogens with one attached hydrogen (secondary N) is 1. The van der Waals surface area contributed by atoms with E-state index in [1.165, 1.54) is 16.8 Å². The number of aliphatic carboxylic acids is 1. The molecule has 2 atom stereocenters. The van der Waals surface area contributed by atoms with Crippen LogP contribution in [0.1, 0.15) is 31.7 Å². The molecule has 2 unspecified atom stereocenters. The summed E-state index contributed by atoms with van der Waals surface area (Å²) in [7, 11) is 0. The van der Waals surface area contributed by atoms with Gasteiger partial charge in [-0.1, -0.05) is 54.7 Å². The molecule has 1 spiro atoms. The van der Waals surface area contributed by atoms with Gasteiger partial charge in [0.2, 0.25) is 0 Å². The third-order valence-electron chi connectivity index (χ3n) is 6.32. The van der Waals surface area contributed by atoms with Crippen molar-refractivity contribution in [3.05, 3.63) is 89.2 Å². The molecule has 0 radical (unpaired) electrons. The highest BCUT2D eigenvalue weighted by molar-refractivity contribution is 5.72. The Balaban J connectivity index is 1.39. The number of hydrogen-bond acceptors (Lipinski definition) is 4. The second-order valence-corrected chi connectivity index (χ2v) is 8.29. The van der Waals surface area contributed by atoms with Crippen LogP contribution in [0.15, 0.2) is 83.6 Å². The Hall–Kier alpha value is -3.05. The van der Waals surface area contributed by atoms with Crippen molar-refractivity contribution in [2.75, 3.05) is 19.8 Å². The molecule has 0 bridgehead atoms. The zero-order valence-electron chi connectivity index (χ0n) is 18.5. The summed E-state index contributed by atoms with van der Waals surface area (Å²) in [6, 6.07) is 7.61. The number of carboxylic acids is 1. The number of benzene rings is 1. The Kier molecular flexibility index (Phi) is 6.96. The maximum atomic E-state index is 11.3. The van der Waals surface area contributed by atoms with E-state index in [-0.39, 0.29) is 5.41 Å². The molecule has 5 heteroatoms. The van der Waals surface area contributed by atoms with Crippen LogP contribution in [0.4, 0.5) is 0 Å². The van der Waals surface area contributed by atoms with Gasteiger partial charge in [-0.05, 0) is 48.6 Å². The molecule has 0 saturated carbocycles. The second-order valence-electron chi connectivity index (χ2n) is 8.29. The van der Waals surface area contributed by atoms with Gasteiger partial charge in [0.05, 0.1) is 6.61 Å². The van der Waals surface area contributed by atoms with Crippen molar-refractivity contribution < 1.29 is 19.4 Å². The van der Waals surface area contributed by atoms with Crippen molar-refractivity contribution in [1.82, 2.24) is 5.32 Å². The molecule has 0 aromatic heterocycles. The second kappa shape index (κ2) is 10.0. The van der Waals surface area contributed by atoms with Gasteiger partial charge < -0.3 is 19.9 Å². The summed E-state index contributed by atoms with van der Waals surface area (Å²) in [6.07, 6.45) is 18.2. The zero-order valence-corrected chi connectivity index (χ0v) is 18.5. The third kappa shape index (κ3) is 4.73. The van der Waals surface area contributed by atoms with Gasteiger partial charge in [0.1, 0.15) is 5.75 Å². The van der Waals surface area contributed by atoms with Crippen LogP contribution in [0.5, 0.6) is 5.75 Å². The Labute approximate surface area is 189 Å². The van der Waals surface area contributed by atoms with E-state index in [4.69, 9.17) is 9.47 Å². The predicted molar refractivity (Wildman–Crippen MR) is 126 cm³/mol. The molecule has 1 aromatic rings. The number of ether oxygens (including phenoxy) is 2. The molecule has 4 rings (SSSR count). The van der Waals surface area contributed by atoms with Gasteiger partial charge in [-0.15, -0.1) is 0 Å². The van der Waals surface area contributed by atoms with Crippen LogP contribution in [0, 0.1) is 5.41 Å². The monoisotopic (exact) mass is 433 g/mol. The molecule has 0 saturated heterocycles. The van der Waals surface area contributed by atoms with E-state index in [2.05, 4.69) is 47.8 Å². The lowest BCUT2D eigenvalue weighted by Gasteiger charge is -2.37. The Morgan fingerprint density at radius 2 is 2.06 bits per heavy atom. The average molecular weight is 434 g/mol. The fraction of sp³-hybridized carbons (Fsp3) is 0.370. The summed E-state index contributed by atoms with van der Waals surface area (Å²) in [6.45, 7) is 3.57. The lowest BCUT2D eigenvalue weighted by atomic mass is 9.66. The van der Waals surface area contributed by atoms with Crippen LogP contribution in [0.2, 0.25) is 0 Å². The minimum absolute atomic E-state index is 0.0226. The van der Waals surface area contributed by atoms with Crippen molar-refractivity contribution in [2.45, 2.75) is 38.7 Å². The van der Waals surface area contributed by atoms with E-state index in [1.54, 1.807) is 6.92 Å². The van der Waals surface area contributed by atoms with E-state index < -0.39 is 12.1 Å². The molecule has 3 aliphatic rings. The molecule has 0 amide bonds. The fourth-order valence-electron chi connectivity index (χ4n) is 4.74. The highest BCUT2D eigenvalue weighted by atomic mass is 16.5. The van der Waals surface area contributed by atoms with Gasteiger partial charge in [0, 0.05) is 37.1 Å². The average Bonchev–Trinajstić information content (AvgIpc) is 2.96.